The van der Waals surface area contributed by atoms with Crippen molar-refractivity contribution in [3.05, 3.63) is 59.1 Å². The van der Waals surface area contributed by atoms with Crippen LogP contribution < -0.4 is 16.0 Å². The number of morpholine rings is 1. The molecule has 1 fully saturated rings. The van der Waals surface area contributed by atoms with Crippen molar-refractivity contribution >= 4 is 28.9 Å². The number of hydrogen-bond donors (Lipinski definition) is 3. The van der Waals surface area contributed by atoms with Gasteiger partial charge in [0, 0.05) is 31.2 Å². The van der Waals surface area contributed by atoms with Gasteiger partial charge in [-0.2, -0.15) is 0 Å². The molecule has 1 atom stereocenters. The number of amides is 1. The van der Waals surface area contributed by atoms with E-state index >= 15 is 0 Å². The van der Waals surface area contributed by atoms with Crippen LogP contribution in [-0.2, 0) is 16.1 Å². The molecule has 1 aliphatic heterocycles. The van der Waals surface area contributed by atoms with Crippen LogP contribution in [0.2, 0.25) is 5.02 Å². The molecule has 2 aromatic carbocycles. The van der Waals surface area contributed by atoms with E-state index in [1.54, 1.807) is 6.07 Å². The van der Waals surface area contributed by atoms with Gasteiger partial charge in [-0.15, -0.1) is 0 Å². The second-order valence-corrected chi connectivity index (χ2v) is 6.42. The predicted octanol–water partition coefficient (Wildman–Crippen LogP) is 3.27. The summed E-state index contributed by atoms with van der Waals surface area (Å²) in [5.41, 5.74) is 2.71. The maximum atomic E-state index is 12.1. The topological polar surface area (TPSA) is 62.4 Å². The monoisotopic (exact) mass is 359 g/mol. The third-order valence-electron chi connectivity index (χ3n) is 4.01. The van der Waals surface area contributed by atoms with Crippen molar-refractivity contribution in [2.45, 2.75) is 19.0 Å². The third kappa shape index (κ3) is 5.46. The molecule has 3 N–H and O–H groups in total. The van der Waals surface area contributed by atoms with Gasteiger partial charge in [-0.1, -0.05) is 41.9 Å². The average Bonchev–Trinajstić information content (AvgIpc) is 2.63. The van der Waals surface area contributed by atoms with Crippen molar-refractivity contribution in [1.82, 2.24) is 5.32 Å². The number of halogens is 1. The zero-order valence-corrected chi connectivity index (χ0v) is 14.7. The number of benzene rings is 2. The van der Waals surface area contributed by atoms with Crippen molar-refractivity contribution in [2.75, 3.05) is 30.4 Å². The smallest absolute Gasteiger partial charge is 0.226 e. The van der Waals surface area contributed by atoms with Gasteiger partial charge in [-0.3, -0.25) is 4.79 Å². The van der Waals surface area contributed by atoms with Gasteiger partial charge in [0.25, 0.3) is 0 Å². The molecule has 132 valence electrons. The number of rotatable bonds is 6. The van der Waals surface area contributed by atoms with Crippen molar-refractivity contribution in [2.24, 2.45) is 0 Å². The fourth-order valence-electron chi connectivity index (χ4n) is 2.72. The molecule has 0 bridgehead atoms. The zero-order valence-electron chi connectivity index (χ0n) is 13.9. The average molecular weight is 360 g/mol. The molecule has 0 aliphatic carbocycles. The molecule has 1 unspecified atom stereocenters. The van der Waals surface area contributed by atoms with Crippen LogP contribution in [0, 0.1) is 0 Å². The van der Waals surface area contributed by atoms with Crippen LogP contribution in [-0.4, -0.2) is 31.7 Å². The van der Waals surface area contributed by atoms with E-state index in [-0.39, 0.29) is 11.9 Å². The Morgan fingerprint density at radius 2 is 2.08 bits per heavy atom. The summed E-state index contributed by atoms with van der Waals surface area (Å²) < 4.78 is 5.36. The maximum absolute atomic E-state index is 12.1. The minimum absolute atomic E-state index is 0.0518. The van der Waals surface area contributed by atoms with Gasteiger partial charge in [0.05, 0.1) is 23.9 Å². The molecule has 1 amide bonds. The quantitative estimate of drug-likeness (QED) is 0.740. The summed E-state index contributed by atoms with van der Waals surface area (Å²) in [6.45, 7) is 2.74. The SMILES string of the molecule is O=C(CC1COCCN1)Nc1ccc(NCc2ccccc2)c(Cl)c1. The van der Waals surface area contributed by atoms with Gasteiger partial charge in [-0.25, -0.2) is 0 Å². The number of hydrogen-bond acceptors (Lipinski definition) is 4. The fraction of sp³-hybridized carbons (Fsp3) is 0.316. The summed E-state index contributed by atoms with van der Waals surface area (Å²) in [6, 6.07) is 15.7. The van der Waals surface area contributed by atoms with Gasteiger partial charge < -0.3 is 20.7 Å². The van der Waals surface area contributed by atoms with E-state index in [9.17, 15) is 4.79 Å². The van der Waals surface area contributed by atoms with Crippen LogP contribution in [0.1, 0.15) is 12.0 Å². The molecule has 0 spiro atoms. The van der Waals surface area contributed by atoms with Gasteiger partial charge >= 0.3 is 0 Å². The van der Waals surface area contributed by atoms with Crippen molar-refractivity contribution in [3.8, 4) is 0 Å². The third-order valence-corrected chi connectivity index (χ3v) is 4.32. The van der Waals surface area contributed by atoms with Gasteiger partial charge in [-0.05, 0) is 23.8 Å². The zero-order chi connectivity index (χ0) is 17.5. The minimum Gasteiger partial charge on any atom is -0.380 e. The van der Waals surface area contributed by atoms with Gasteiger partial charge in [0.2, 0.25) is 5.91 Å². The Kier molecular flexibility index (Phi) is 6.28. The Bertz CT molecular complexity index is 703. The molecule has 1 heterocycles. The normalized spacial score (nSPS) is 17.1. The highest BCUT2D eigenvalue weighted by atomic mass is 35.5. The highest BCUT2D eigenvalue weighted by molar-refractivity contribution is 6.33. The second kappa shape index (κ2) is 8.85. The van der Waals surface area contributed by atoms with E-state index in [1.165, 1.54) is 5.56 Å². The first-order chi connectivity index (χ1) is 12.2. The lowest BCUT2D eigenvalue weighted by Crippen LogP contribution is -2.43. The van der Waals surface area contributed by atoms with Gasteiger partial charge in [0.15, 0.2) is 0 Å². The Morgan fingerprint density at radius 1 is 1.24 bits per heavy atom. The number of carbonyl (C=O) groups excluding carboxylic acids is 1. The number of anilines is 2. The van der Waals surface area contributed by atoms with E-state index in [0.29, 0.717) is 36.9 Å². The predicted molar refractivity (Wildman–Crippen MR) is 101 cm³/mol. The van der Waals surface area contributed by atoms with Gasteiger partial charge in [0.1, 0.15) is 0 Å². The fourth-order valence-corrected chi connectivity index (χ4v) is 2.96. The number of carbonyl (C=O) groups is 1. The van der Waals surface area contributed by atoms with Crippen LogP contribution in [0.5, 0.6) is 0 Å². The molecule has 5 nitrogen and oxygen atoms in total. The summed E-state index contributed by atoms with van der Waals surface area (Å²) in [7, 11) is 0. The summed E-state index contributed by atoms with van der Waals surface area (Å²) in [4.78, 5) is 12.1. The summed E-state index contributed by atoms with van der Waals surface area (Å²) in [5.74, 6) is -0.0518. The molecule has 0 aromatic heterocycles. The second-order valence-electron chi connectivity index (χ2n) is 6.01. The van der Waals surface area contributed by atoms with E-state index < -0.39 is 0 Å². The van der Waals surface area contributed by atoms with Crippen LogP contribution in [0.3, 0.4) is 0 Å². The standard InChI is InChI=1S/C19H22ClN3O2/c20-17-10-15(23-19(24)11-16-13-25-9-8-21-16)6-7-18(17)22-12-14-4-2-1-3-5-14/h1-7,10,16,21-22H,8-9,11-13H2,(H,23,24). The van der Waals surface area contributed by atoms with Crippen LogP contribution >= 0.6 is 11.6 Å². The number of ether oxygens (including phenoxy) is 1. The molecule has 6 heteroatoms. The van der Waals surface area contributed by atoms with E-state index in [2.05, 4.69) is 28.1 Å². The molecular weight excluding hydrogens is 338 g/mol. The highest BCUT2D eigenvalue weighted by Gasteiger charge is 2.17. The first kappa shape index (κ1) is 17.7. The maximum Gasteiger partial charge on any atom is 0.226 e. The van der Waals surface area contributed by atoms with Crippen LogP contribution in [0.25, 0.3) is 0 Å². The Hall–Kier alpha value is -2.08. The van der Waals surface area contributed by atoms with Crippen molar-refractivity contribution in [3.63, 3.8) is 0 Å². The van der Waals surface area contributed by atoms with Crippen LogP contribution in [0.4, 0.5) is 11.4 Å². The largest absolute Gasteiger partial charge is 0.380 e. The summed E-state index contributed by atoms with van der Waals surface area (Å²) >= 11 is 6.32. The molecule has 25 heavy (non-hydrogen) atoms. The highest BCUT2D eigenvalue weighted by Crippen LogP contribution is 2.26. The Balaban J connectivity index is 1.53. The van der Waals surface area contributed by atoms with E-state index in [0.717, 1.165) is 12.2 Å². The lowest BCUT2D eigenvalue weighted by atomic mass is 10.2. The van der Waals surface area contributed by atoms with Crippen LogP contribution in [0.15, 0.2) is 48.5 Å². The van der Waals surface area contributed by atoms with E-state index in [1.807, 2.05) is 30.3 Å². The Morgan fingerprint density at radius 3 is 2.80 bits per heavy atom. The summed E-state index contributed by atoms with van der Waals surface area (Å²) in [5, 5.41) is 10.0. The first-order valence-corrected chi connectivity index (χ1v) is 8.77. The lowest BCUT2D eigenvalue weighted by molar-refractivity contribution is -0.117. The molecule has 3 rings (SSSR count). The minimum atomic E-state index is -0.0518. The molecule has 0 saturated carbocycles. The molecule has 1 aliphatic rings. The molecular formula is C19H22ClN3O2. The van der Waals surface area contributed by atoms with E-state index in [4.69, 9.17) is 16.3 Å². The van der Waals surface area contributed by atoms with Crippen molar-refractivity contribution < 1.29 is 9.53 Å². The Labute approximate surface area is 152 Å². The molecule has 2 aromatic rings. The molecule has 0 radical (unpaired) electrons. The van der Waals surface area contributed by atoms with Crippen molar-refractivity contribution in [1.29, 1.82) is 0 Å². The number of nitrogens with one attached hydrogen (secondary N) is 3. The molecule has 1 saturated heterocycles. The first-order valence-electron chi connectivity index (χ1n) is 8.39. The summed E-state index contributed by atoms with van der Waals surface area (Å²) in [6.07, 6.45) is 0.381. The lowest BCUT2D eigenvalue weighted by Gasteiger charge is -2.23.